The minimum atomic E-state index is -0.352. The molecule has 3 heteroatoms. The van der Waals surface area contributed by atoms with E-state index in [4.69, 9.17) is 0 Å². The van der Waals surface area contributed by atoms with Crippen LogP contribution in [0.4, 0.5) is 0 Å². The van der Waals surface area contributed by atoms with Gasteiger partial charge in [-0.05, 0) is 31.6 Å². The van der Waals surface area contributed by atoms with E-state index in [0.717, 1.165) is 44.9 Å². The monoisotopic (exact) mass is 267 g/mol. The first-order valence-corrected chi connectivity index (χ1v) is 7.93. The molecular weight excluding hydrogens is 238 g/mol. The number of carbonyl (C=O) groups is 1. The third-order valence-corrected chi connectivity index (χ3v) is 5.28. The van der Waals surface area contributed by atoms with Crippen molar-refractivity contribution in [2.45, 2.75) is 77.2 Å². The summed E-state index contributed by atoms with van der Waals surface area (Å²) < 4.78 is 0. The van der Waals surface area contributed by atoms with E-state index in [1.165, 1.54) is 12.8 Å². The molecule has 0 heterocycles. The maximum Gasteiger partial charge on any atom is 0.226 e. The summed E-state index contributed by atoms with van der Waals surface area (Å²) in [5, 5.41) is 13.0. The Labute approximate surface area is 117 Å². The molecule has 0 spiro atoms. The molecule has 2 aliphatic carbocycles. The highest BCUT2D eigenvalue weighted by Crippen LogP contribution is 2.38. The van der Waals surface area contributed by atoms with E-state index in [-0.39, 0.29) is 23.5 Å². The average Bonchev–Trinajstić information content (AvgIpc) is 2.39. The van der Waals surface area contributed by atoms with Crippen LogP contribution in [0.15, 0.2) is 0 Å². The van der Waals surface area contributed by atoms with Gasteiger partial charge in [0.25, 0.3) is 0 Å². The fraction of sp³-hybridized carbons (Fsp3) is 0.938. The number of aliphatic hydroxyl groups is 1. The second kappa shape index (κ2) is 5.82. The first kappa shape index (κ1) is 14.8. The van der Waals surface area contributed by atoms with Crippen molar-refractivity contribution in [1.82, 2.24) is 5.32 Å². The minimum absolute atomic E-state index is 0.0825. The van der Waals surface area contributed by atoms with E-state index in [2.05, 4.69) is 19.2 Å². The molecule has 2 aliphatic rings. The maximum atomic E-state index is 12.6. The number of nitrogens with one attached hydrogen (secondary N) is 1. The molecule has 110 valence electrons. The van der Waals surface area contributed by atoms with Crippen LogP contribution in [0.1, 0.15) is 71.6 Å². The van der Waals surface area contributed by atoms with Crippen molar-refractivity contribution >= 4 is 5.91 Å². The van der Waals surface area contributed by atoms with Crippen LogP contribution >= 0.6 is 0 Å². The van der Waals surface area contributed by atoms with Gasteiger partial charge in [-0.25, -0.2) is 0 Å². The molecule has 0 radical (unpaired) electrons. The number of rotatable bonds is 3. The summed E-state index contributed by atoms with van der Waals surface area (Å²) in [7, 11) is 0. The van der Waals surface area contributed by atoms with Gasteiger partial charge in [0.2, 0.25) is 5.91 Å². The largest absolute Gasteiger partial charge is 0.394 e. The lowest BCUT2D eigenvalue weighted by Crippen LogP contribution is -2.57. The molecule has 0 saturated heterocycles. The molecule has 0 aromatic heterocycles. The van der Waals surface area contributed by atoms with Gasteiger partial charge in [0, 0.05) is 5.41 Å². The second-order valence-electron chi connectivity index (χ2n) is 7.22. The van der Waals surface area contributed by atoms with Gasteiger partial charge in [-0.2, -0.15) is 0 Å². The molecule has 1 amide bonds. The number of amides is 1. The first-order chi connectivity index (χ1) is 9.00. The first-order valence-electron chi connectivity index (χ1n) is 7.93. The van der Waals surface area contributed by atoms with Crippen LogP contribution in [-0.2, 0) is 4.79 Å². The number of hydrogen-bond donors (Lipinski definition) is 2. The van der Waals surface area contributed by atoms with Crippen molar-refractivity contribution in [3.05, 3.63) is 0 Å². The van der Waals surface area contributed by atoms with E-state index < -0.39 is 0 Å². The van der Waals surface area contributed by atoms with Crippen molar-refractivity contribution in [2.24, 2.45) is 11.3 Å². The lowest BCUT2D eigenvalue weighted by molar-refractivity contribution is -0.135. The van der Waals surface area contributed by atoms with Gasteiger partial charge < -0.3 is 10.4 Å². The second-order valence-corrected chi connectivity index (χ2v) is 7.22. The van der Waals surface area contributed by atoms with Crippen molar-refractivity contribution in [2.75, 3.05) is 6.61 Å². The van der Waals surface area contributed by atoms with Crippen molar-refractivity contribution in [1.29, 1.82) is 0 Å². The zero-order valence-electron chi connectivity index (χ0n) is 12.5. The molecule has 2 N–H and O–H groups in total. The highest BCUT2D eigenvalue weighted by atomic mass is 16.3. The molecular formula is C16H29NO2. The summed E-state index contributed by atoms with van der Waals surface area (Å²) in [5.74, 6) is 0.774. The van der Waals surface area contributed by atoms with E-state index in [0.29, 0.717) is 5.92 Å². The number of aliphatic hydroxyl groups excluding tert-OH is 1. The topological polar surface area (TPSA) is 49.3 Å². The van der Waals surface area contributed by atoms with Gasteiger partial charge in [-0.3, -0.25) is 4.79 Å². The van der Waals surface area contributed by atoms with E-state index >= 15 is 0 Å². The Hall–Kier alpha value is -0.570. The molecule has 2 rings (SSSR count). The molecule has 0 aliphatic heterocycles. The van der Waals surface area contributed by atoms with Gasteiger partial charge in [0.05, 0.1) is 12.1 Å². The average molecular weight is 267 g/mol. The SMILES string of the molecule is CC1CCCC(CO)(NC(=O)C2(C)CCCCC2)C1. The van der Waals surface area contributed by atoms with E-state index in [1.54, 1.807) is 0 Å². The molecule has 2 atom stereocenters. The van der Waals surface area contributed by atoms with Crippen molar-refractivity contribution < 1.29 is 9.90 Å². The zero-order chi connectivity index (χ0) is 13.9. The van der Waals surface area contributed by atoms with Crippen molar-refractivity contribution in [3.8, 4) is 0 Å². The summed E-state index contributed by atoms with van der Waals surface area (Å²) in [6, 6.07) is 0. The van der Waals surface area contributed by atoms with E-state index in [9.17, 15) is 9.90 Å². The highest BCUT2D eigenvalue weighted by molar-refractivity contribution is 5.83. The van der Waals surface area contributed by atoms with Crippen LogP contribution in [-0.4, -0.2) is 23.2 Å². The number of carbonyl (C=O) groups excluding carboxylic acids is 1. The third kappa shape index (κ3) is 3.31. The van der Waals surface area contributed by atoms with Gasteiger partial charge in [-0.15, -0.1) is 0 Å². The molecule has 0 bridgehead atoms. The molecule has 2 fully saturated rings. The van der Waals surface area contributed by atoms with Gasteiger partial charge >= 0.3 is 0 Å². The Kier molecular flexibility index (Phi) is 4.54. The standard InChI is InChI=1S/C16H29NO2/c1-13-7-6-10-16(11-13,12-18)17-14(19)15(2)8-4-3-5-9-15/h13,18H,3-12H2,1-2H3,(H,17,19). The Morgan fingerprint density at radius 2 is 1.89 bits per heavy atom. The highest BCUT2D eigenvalue weighted by Gasteiger charge is 2.41. The van der Waals surface area contributed by atoms with Crippen LogP contribution in [0.25, 0.3) is 0 Å². The molecule has 19 heavy (non-hydrogen) atoms. The molecule has 3 nitrogen and oxygen atoms in total. The summed E-state index contributed by atoms with van der Waals surface area (Å²) in [4.78, 5) is 12.6. The third-order valence-electron chi connectivity index (χ3n) is 5.28. The van der Waals surface area contributed by atoms with E-state index in [1.807, 2.05) is 0 Å². The summed E-state index contributed by atoms with van der Waals surface area (Å²) >= 11 is 0. The lowest BCUT2D eigenvalue weighted by Gasteiger charge is -2.42. The maximum absolute atomic E-state index is 12.6. The quantitative estimate of drug-likeness (QED) is 0.826. The molecule has 0 aromatic carbocycles. The Balaban J connectivity index is 2.03. The van der Waals surface area contributed by atoms with Gasteiger partial charge in [0.1, 0.15) is 0 Å². The predicted octanol–water partition coefficient (Wildman–Crippen LogP) is 3.01. The fourth-order valence-electron chi connectivity index (χ4n) is 3.91. The zero-order valence-corrected chi connectivity index (χ0v) is 12.5. The summed E-state index contributed by atoms with van der Waals surface area (Å²) in [6.07, 6.45) is 9.74. The smallest absolute Gasteiger partial charge is 0.226 e. The van der Waals surface area contributed by atoms with Gasteiger partial charge in [0.15, 0.2) is 0 Å². The number of hydrogen-bond acceptors (Lipinski definition) is 2. The van der Waals surface area contributed by atoms with Crippen LogP contribution < -0.4 is 5.32 Å². The Morgan fingerprint density at radius 1 is 1.21 bits per heavy atom. The van der Waals surface area contributed by atoms with Crippen molar-refractivity contribution in [3.63, 3.8) is 0 Å². The summed E-state index contributed by atoms with van der Waals surface area (Å²) in [5.41, 5.74) is -0.559. The normalized spacial score (nSPS) is 34.8. The lowest BCUT2D eigenvalue weighted by atomic mass is 9.72. The van der Waals surface area contributed by atoms with Gasteiger partial charge in [-0.1, -0.05) is 46.0 Å². The minimum Gasteiger partial charge on any atom is -0.394 e. The van der Waals surface area contributed by atoms with Crippen LogP contribution in [0, 0.1) is 11.3 Å². The summed E-state index contributed by atoms with van der Waals surface area (Å²) in [6.45, 7) is 4.40. The Bertz CT molecular complexity index is 323. The molecule has 0 aromatic rings. The van der Waals surface area contributed by atoms with Crippen LogP contribution in [0.5, 0.6) is 0 Å². The Morgan fingerprint density at radius 3 is 2.47 bits per heavy atom. The molecule has 2 unspecified atom stereocenters. The fourth-order valence-corrected chi connectivity index (χ4v) is 3.91. The predicted molar refractivity (Wildman–Crippen MR) is 76.8 cm³/mol. The van der Waals surface area contributed by atoms with Crippen LogP contribution in [0.3, 0.4) is 0 Å². The van der Waals surface area contributed by atoms with Crippen LogP contribution in [0.2, 0.25) is 0 Å². The molecule has 2 saturated carbocycles.